The Balaban J connectivity index is 1.12. The summed E-state index contributed by atoms with van der Waals surface area (Å²) in [5.41, 5.74) is 5.17. The number of aromatic nitrogens is 4. The molecule has 3 heterocycles. The van der Waals surface area contributed by atoms with E-state index < -0.39 is 24.3 Å². The number of hydrogen-bond donors (Lipinski definition) is 6. The number of carbonyl (C=O) groups is 4. The molecular formula is C37H44N8O7. The van der Waals surface area contributed by atoms with Crippen molar-refractivity contribution >= 4 is 35.0 Å². The first kappa shape index (κ1) is 37.4. The topological polar surface area (TPSA) is 201 Å². The highest BCUT2D eigenvalue weighted by Crippen LogP contribution is 2.23. The molecule has 1 fully saturated rings. The van der Waals surface area contributed by atoms with Gasteiger partial charge in [-0.1, -0.05) is 24.0 Å². The van der Waals surface area contributed by atoms with Gasteiger partial charge in [0, 0.05) is 37.3 Å². The average molecular weight is 713 g/mol. The third-order valence-corrected chi connectivity index (χ3v) is 8.66. The van der Waals surface area contributed by atoms with Crippen LogP contribution in [0.1, 0.15) is 61.4 Å². The third-order valence-electron chi connectivity index (χ3n) is 8.66. The fourth-order valence-electron chi connectivity index (χ4n) is 5.78. The number of benzene rings is 2. The molecular weight excluding hydrogens is 668 g/mol. The number of unbranched alkanes of at least 4 members (excludes halogenated alkanes) is 1. The van der Waals surface area contributed by atoms with Crippen LogP contribution in [0.4, 0.5) is 9.59 Å². The van der Waals surface area contributed by atoms with Gasteiger partial charge in [0.05, 0.1) is 49.7 Å². The summed E-state index contributed by atoms with van der Waals surface area (Å²) < 4.78 is 14.6. The number of amides is 4. The third kappa shape index (κ3) is 10.6. The number of imidazole rings is 2. The standard InChI is InChI=1S/C37H44N8O7/c1-23(41-35(47)33(45-37(49)51-3)27-15-18-52-19-16-27)34-39-21-30(44-34)26-12-9-24(10-13-26)7-8-25-11-14-28-29(20-25)43-31(42-28)6-4-5-17-38-32(46)22-40-36(48)50-2/h9-14,20-21,23,27,33H,4-6,15-19,22H2,1-3H3,(H,38,46)(H,39,44)(H,40,48)(H,41,47)(H,42,43)(H,45,49). The number of rotatable bonds is 13. The number of carbonyl (C=O) groups excluding carboxylic acids is 4. The van der Waals surface area contributed by atoms with Crippen molar-refractivity contribution in [2.45, 2.75) is 51.1 Å². The molecule has 2 atom stereocenters. The van der Waals surface area contributed by atoms with E-state index in [-0.39, 0.29) is 24.3 Å². The molecule has 0 aliphatic carbocycles. The Bertz CT molecular complexity index is 1900. The van der Waals surface area contributed by atoms with Gasteiger partial charge in [-0.25, -0.2) is 19.6 Å². The molecule has 0 saturated carbocycles. The zero-order chi connectivity index (χ0) is 36.9. The van der Waals surface area contributed by atoms with Crippen LogP contribution in [-0.4, -0.2) is 90.5 Å². The van der Waals surface area contributed by atoms with Crippen molar-refractivity contribution in [1.29, 1.82) is 0 Å². The van der Waals surface area contributed by atoms with E-state index in [4.69, 9.17) is 9.47 Å². The largest absolute Gasteiger partial charge is 0.453 e. The molecule has 274 valence electrons. The van der Waals surface area contributed by atoms with Gasteiger partial charge in [-0.15, -0.1) is 0 Å². The monoisotopic (exact) mass is 712 g/mol. The van der Waals surface area contributed by atoms with Crippen molar-refractivity contribution in [3.63, 3.8) is 0 Å². The van der Waals surface area contributed by atoms with E-state index in [0.29, 0.717) is 38.4 Å². The van der Waals surface area contributed by atoms with Gasteiger partial charge in [0.15, 0.2) is 0 Å². The van der Waals surface area contributed by atoms with E-state index in [9.17, 15) is 19.2 Å². The molecule has 4 aromatic rings. The summed E-state index contributed by atoms with van der Waals surface area (Å²) in [6, 6.07) is 12.5. The van der Waals surface area contributed by atoms with Gasteiger partial charge < -0.3 is 45.4 Å². The maximum absolute atomic E-state index is 13.2. The SMILES string of the molecule is COC(=O)NCC(=O)NCCCCc1nc2ccc(C#Cc3ccc(-c4cnc(C(C)NC(=O)C(NC(=O)OC)C5CCOCC5)[nH]4)cc3)cc2[nH]1. The zero-order valence-corrected chi connectivity index (χ0v) is 29.5. The molecule has 5 rings (SSSR count). The van der Waals surface area contributed by atoms with Crippen LogP contribution in [-0.2, 0) is 30.2 Å². The lowest BCUT2D eigenvalue weighted by atomic mass is 9.91. The van der Waals surface area contributed by atoms with Gasteiger partial charge in [-0.3, -0.25) is 9.59 Å². The van der Waals surface area contributed by atoms with Crippen LogP contribution in [0.25, 0.3) is 22.3 Å². The Labute approximate surface area is 301 Å². The molecule has 2 unspecified atom stereocenters. The van der Waals surface area contributed by atoms with Crippen LogP contribution >= 0.6 is 0 Å². The lowest BCUT2D eigenvalue weighted by Crippen LogP contribution is -2.52. The van der Waals surface area contributed by atoms with E-state index in [1.165, 1.54) is 14.2 Å². The molecule has 15 heteroatoms. The van der Waals surface area contributed by atoms with Gasteiger partial charge in [0.2, 0.25) is 11.8 Å². The normalized spacial score (nSPS) is 14.0. The van der Waals surface area contributed by atoms with Gasteiger partial charge in [-0.05, 0) is 74.4 Å². The van der Waals surface area contributed by atoms with Gasteiger partial charge in [-0.2, -0.15) is 0 Å². The summed E-state index contributed by atoms with van der Waals surface area (Å²) >= 11 is 0. The lowest BCUT2D eigenvalue weighted by molar-refractivity contribution is -0.126. The second kappa shape index (κ2) is 18.4. The van der Waals surface area contributed by atoms with Crippen LogP contribution in [0, 0.1) is 17.8 Å². The van der Waals surface area contributed by atoms with Gasteiger partial charge in [0.1, 0.15) is 17.7 Å². The molecule has 1 saturated heterocycles. The molecule has 52 heavy (non-hydrogen) atoms. The molecule has 2 aromatic carbocycles. The minimum absolute atomic E-state index is 0.0588. The maximum atomic E-state index is 13.2. The molecule has 2 aromatic heterocycles. The molecule has 1 aliphatic rings. The summed E-state index contributed by atoms with van der Waals surface area (Å²) in [6.07, 6.45) is 4.08. The van der Waals surface area contributed by atoms with E-state index in [1.807, 2.05) is 49.4 Å². The molecule has 0 spiro atoms. The Morgan fingerprint density at radius 3 is 2.40 bits per heavy atom. The van der Waals surface area contributed by atoms with Crippen LogP contribution in [0.15, 0.2) is 48.7 Å². The van der Waals surface area contributed by atoms with Crippen molar-refractivity contribution < 1.29 is 33.4 Å². The lowest BCUT2D eigenvalue weighted by Gasteiger charge is -2.30. The molecule has 1 aliphatic heterocycles. The van der Waals surface area contributed by atoms with E-state index in [2.05, 4.69) is 57.8 Å². The Morgan fingerprint density at radius 1 is 0.923 bits per heavy atom. The van der Waals surface area contributed by atoms with Crippen molar-refractivity contribution in [2.75, 3.05) is 40.5 Å². The Kier molecular flexibility index (Phi) is 13.2. The second-order valence-corrected chi connectivity index (χ2v) is 12.4. The first-order valence-electron chi connectivity index (χ1n) is 17.2. The number of nitrogens with zero attached hydrogens (tertiary/aromatic N) is 2. The summed E-state index contributed by atoms with van der Waals surface area (Å²) in [6.45, 7) is 3.29. The first-order chi connectivity index (χ1) is 25.2. The predicted molar refractivity (Wildman–Crippen MR) is 192 cm³/mol. The minimum Gasteiger partial charge on any atom is -0.453 e. The Hall–Kier alpha value is -5.88. The molecule has 15 nitrogen and oxygen atoms in total. The van der Waals surface area contributed by atoms with E-state index in [0.717, 1.165) is 58.5 Å². The number of ether oxygens (including phenoxy) is 3. The van der Waals surface area contributed by atoms with Crippen LogP contribution < -0.4 is 21.3 Å². The van der Waals surface area contributed by atoms with Crippen molar-refractivity contribution in [3.8, 4) is 23.1 Å². The van der Waals surface area contributed by atoms with Crippen molar-refractivity contribution in [1.82, 2.24) is 41.2 Å². The van der Waals surface area contributed by atoms with Crippen molar-refractivity contribution in [3.05, 3.63) is 71.4 Å². The summed E-state index contributed by atoms with van der Waals surface area (Å²) in [5.74, 6) is 7.26. The second-order valence-electron chi connectivity index (χ2n) is 12.4. The number of hydrogen-bond acceptors (Lipinski definition) is 9. The minimum atomic E-state index is -0.740. The number of fused-ring (bicyclic) bond motifs is 1. The predicted octanol–water partition coefficient (Wildman–Crippen LogP) is 3.48. The van der Waals surface area contributed by atoms with E-state index in [1.54, 1.807) is 6.20 Å². The number of methoxy groups -OCH3 is 2. The number of H-pyrrole nitrogens is 2. The Morgan fingerprint density at radius 2 is 1.65 bits per heavy atom. The zero-order valence-electron chi connectivity index (χ0n) is 29.5. The summed E-state index contributed by atoms with van der Waals surface area (Å²) in [7, 11) is 2.52. The first-order valence-corrected chi connectivity index (χ1v) is 17.2. The van der Waals surface area contributed by atoms with E-state index >= 15 is 0 Å². The average Bonchev–Trinajstić information content (AvgIpc) is 3.83. The summed E-state index contributed by atoms with van der Waals surface area (Å²) in [4.78, 5) is 63.8. The molecule has 0 bridgehead atoms. The number of aryl methyl sites for hydroxylation is 1. The van der Waals surface area contributed by atoms with Crippen LogP contribution in [0.5, 0.6) is 0 Å². The highest BCUT2D eigenvalue weighted by Gasteiger charge is 2.32. The quantitative estimate of drug-likeness (QED) is 0.0887. The highest BCUT2D eigenvalue weighted by molar-refractivity contribution is 5.86. The fourth-order valence-corrected chi connectivity index (χ4v) is 5.78. The molecule has 0 radical (unpaired) electrons. The van der Waals surface area contributed by atoms with Crippen molar-refractivity contribution in [2.24, 2.45) is 5.92 Å². The highest BCUT2D eigenvalue weighted by atomic mass is 16.5. The number of alkyl carbamates (subject to hydrolysis) is 2. The maximum Gasteiger partial charge on any atom is 0.407 e. The fraction of sp³-hybridized carbons (Fsp3) is 0.405. The molecule has 6 N–H and O–H groups in total. The summed E-state index contributed by atoms with van der Waals surface area (Å²) in [5, 5.41) is 10.8. The van der Waals surface area contributed by atoms with Gasteiger partial charge in [0.25, 0.3) is 0 Å². The smallest absolute Gasteiger partial charge is 0.407 e. The number of nitrogens with one attached hydrogen (secondary N) is 6. The number of aromatic amines is 2. The van der Waals surface area contributed by atoms with Gasteiger partial charge >= 0.3 is 12.2 Å². The molecule has 4 amide bonds. The van der Waals surface area contributed by atoms with Crippen LogP contribution in [0.3, 0.4) is 0 Å². The van der Waals surface area contributed by atoms with Crippen LogP contribution in [0.2, 0.25) is 0 Å².